The van der Waals surface area contributed by atoms with Crippen LogP contribution in [0, 0.1) is 11.8 Å². The summed E-state index contributed by atoms with van der Waals surface area (Å²) in [6, 6.07) is 0. The Morgan fingerprint density at radius 3 is 2.70 bits per heavy atom. The summed E-state index contributed by atoms with van der Waals surface area (Å²) >= 11 is 5.52. The van der Waals surface area contributed by atoms with Crippen molar-refractivity contribution in [2.75, 3.05) is 13.2 Å². The molecule has 166 valence electrons. The maximum Gasteiger partial charge on any atom is 0.257 e. The first kappa shape index (κ1) is 24.1. The molecule has 0 bridgehead atoms. The first-order valence-corrected chi connectivity index (χ1v) is 10.2. The van der Waals surface area contributed by atoms with Crippen LogP contribution in [0.3, 0.4) is 0 Å². The Morgan fingerprint density at radius 1 is 1.30 bits per heavy atom. The molecule has 9 heteroatoms. The summed E-state index contributed by atoms with van der Waals surface area (Å²) in [5.74, 6) is -1.06. The maximum atomic E-state index is 12.6. The van der Waals surface area contributed by atoms with E-state index in [9.17, 15) is 14.0 Å². The summed E-state index contributed by atoms with van der Waals surface area (Å²) in [5, 5.41) is 5.30. The number of allylic oxidation sites excluding steroid dienone is 4. The van der Waals surface area contributed by atoms with Gasteiger partial charge in [0.15, 0.2) is 6.61 Å². The molecule has 0 spiro atoms. The molecule has 7 nitrogen and oxygen atoms in total. The zero-order chi connectivity index (χ0) is 22.1. The van der Waals surface area contributed by atoms with Gasteiger partial charge < -0.3 is 15.4 Å². The van der Waals surface area contributed by atoms with Gasteiger partial charge in [0.1, 0.15) is 11.9 Å². The van der Waals surface area contributed by atoms with Crippen molar-refractivity contribution in [3.8, 4) is 0 Å². The summed E-state index contributed by atoms with van der Waals surface area (Å²) in [6.45, 7) is 8.77. The zero-order valence-electron chi connectivity index (χ0n) is 17.0. The van der Waals surface area contributed by atoms with Crippen LogP contribution in [-0.4, -0.2) is 37.2 Å². The molecule has 0 aromatic rings. The third-order valence-electron chi connectivity index (χ3n) is 4.81. The predicted molar refractivity (Wildman–Crippen MR) is 110 cm³/mol. The van der Waals surface area contributed by atoms with Gasteiger partial charge in [0, 0.05) is 18.7 Å². The molecule has 1 heterocycles. The minimum atomic E-state index is -0.757. The van der Waals surface area contributed by atoms with Gasteiger partial charge in [-0.1, -0.05) is 24.8 Å². The highest BCUT2D eigenvalue weighted by Crippen LogP contribution is 2.40. The van der Waals surface area contributed by atoms with Crippen molar-refractivity contribution in [2.45, 2.75) is 44.8 Å². The summed E-state index contributed by atoms with van der Waals surface area (Å²) in [5.41, 5.74) is 0.508. The number of halogens is 2. The largest absolute Gasteiger partial charge is 0.491 e. The maximum absolute atomic E-state index is 12.6. The lowest BCUT2D eigenvalue weighted by atomic mass is 9.92. The molecule has 0 radical (unpaired) electrons. The van der Waals surface area contributed by atoms with E-state index >= 15 is 0 Å². The Kier molecular flexibility index (Phi) is 9.55. The van der Waals surface area contributed by atoms with Crippen molar-refractivity contribution in [1.82, 2.24) is 10.6 Å². The van der Waals surface area contributed by atoms with Crippen LogP contribution in [0.5, 0.6) is 0 Å². The summed E-state index contributed by atoms with van der Waals surface area (Å²) in [4.78, 5) is 34.9. The van der Waals surface area contributed by atoms with Gasteiger partial charge in [-0.15, -0.1) is 0 Å². The van der Waals surface area contributed by atoms with E-state index in [1.165, 1.54) is 18.4 Å². The van der Waals surface area contributed by atoms with Crippen LogP contribution < -0.4 is 10.6 Å². The Balaban J connectivity index is 1.61. The fourth-order valence-corrected chi connectivity index (χ4v) is 2.97. The smallest absolute Gasteiger partial charge is 0.257 e. The highest BCUT2D eigenvalue weighted by molar-refractivity contribution is 6.31. The predicted octanol–water partition coefficient (Wildman–Crippen LogP) is 3.39. The molecule has 2 amide bonds. The standard InChI is InChI=1S/C21H28ClFN2O5/c1-13(8-9-24-20(26)12-28-10-4-5-18(22)14(2)23)25-21(27)17-11-19(16-6-7-16)30-29-15(17)3/h4-5,10,15-17,19H,1-2,6-9,11-12H2,3H3,(H,24,26)(H,25,27)/b10-4+,18-5+. The number of ether oxygens (including phenoxy) is 1. The van der Waals surface area contributed by atoms with Gasteiger partial charge in [-0.2, -0.15) is 0 Å². The van der Waals surface area contributed by atoms with Crippen LogP contribution in [0.4, 0.5) is 4.39 Å². The van der Waals surface area contributed by atoms with E-state index in [1.807, 2.05) is 6.92 Å². The van der Waals surface area contributed by atoms with Crippen LogP contribution in [0.15, 0.2) is 48.1 Å². The van der Waals surface area contributed by atoms with Gasteiger partial charge >= 0.3 is 0 Å². The van der Waals surface area contributed by atoms with Gasteiger partial charge in [-0.3, -0.25) is 9.59 Å². The molecule has 1 aliphatic heterocycles. The van der Waals surface area contributed by atoms with Gasteiger partial charge in [0.25, 0.3) is 5.91 Å². The second-order valence-electron chi connectivity index (χ2n) is 7.37. The number of hydrogen-bond acceptors (Lipinski definition) is 5. The van der Waals surface area contributed by atoms with E-state index in [2.05, 4.69) is 23.8 Å². The molecule has 2 N–H and O–H groups in total. The van der Waals surface area contributed by atoms with E-state index in [0.717, 1.165) is 12.8 Å². The molecule has 1 aliphatic carbocycles. The van der Waals surface area contributed by atoms with Crippen LogP contribution in [0.1, 0.15) is 32.6 Å². The molecule has 2 aliphatic rings. The molecule has 3 atom stereocenters. The molecule has 0 aromatic heterocycles. The molecular weight excluding hydrogens is 415 g/mol. The number of hydrogen-bond donors (Lipinski definition) is 2. The Bertz CT molecular complexity index is 720. The molecule has 2 fully saturated rings. The lowest BCUT2D eigenvalue weighted by Crippen LogP contribution is -2.44. The number of nitrogens with one attached hydrogen (secondary N) is 2. The van der Waals surface area contributed by atoms with Crippen LogP contribution in [-0.2, 0) is 24.1 Å². The molecular formula is C21H28ClFN2O5. The molecule has 1 saturated carbocycles. The fraction of sp³-hybridized carbons (Fsp3) is 0.524. The normalized spacial score (nSPS) is 24.4. The minimum Gasteiger partial charge on any atom is -0.491 e. The number of carbonyl (C=O) groups excluding carboxylic acids is 2. The SMILES string of the molecule is C=C(CCNC(=O)CO/C=C/C=C(/Cl)C(=C)F)NC(=O)C1CC(C2CC2)OOC1C. The summed E-state index contributed by atoms with van der Waals surface area (Å²) < 4.78 is 17.6. The second kappa shape index (κ2) is 11.9. The van der Waals surface area contributed by atoms with Gasteiger partial charge in [0.2, 0.25) is 5.91 Å². The van der Waals surface area contributed by atoms with E-state index in [4.69, 9.17) is 26.1 Å². The van der Waals surface area contributed by atoms with Crippen molar-refractivity contribution >= 4 is 23.4 Å². The average molecular weight is 443 g/mol. The van der Waals surface area contributed by atoms with Crippen molar-refractivity contribution in [1.29, 1.82) is 0 Å². The Morgan fingerprint density at radius 2 is 2.03 bits per heavy atom. The Labute approximate surface area is 180 Å². The number of carbonyl (C=O) groups is 2. The molecule has 0 aromatic carbocycles. The minimum absolute atomic E-state index is 0.0270. The fourth-order valence-electron chi connectivity index (χ4n) is 2.89. The van der Waals surface area contributed by atoms with Gasteiger partial charge in [-0.25, -0.2) is 14.2 Å². The van der Waals surface area contributed by atoms with E-state index in [0.29, 0.717) is 31.0 Å². The lowest BCUT2D eigenvalue weighted by molar-refractivity contribution is -0.382. The van der Waals surface area contributed by atoms with Crippen LogP contribution in [0.25, 0.3) is 0 Å². The lowest BCUT2D eigenvalue weighted by Gasteiger charge is -2.32. The van der Waals surface area contributed by atoms with Crippen LogP contribution >= 0.6 is 11.6 Å². The number of amides is 2. The molecule has 1 saturated heterocycles. The first-order chi connectivity index (χ1) is 14.3. The quantitative estimate of drug-likeness (QED) is 0.291. The number of rotatable bonds is 11. The molecule has 3 unspecified atom stereocenters. The topological polar surface area (TPSA) is 85.9 Å². The van der Waals surface area contributed by atoms with Gasteiger partial charge in [0.05, 0.1) is 23.3 Å². The van der Waals surface area contributed by atoms with Crippen molar-refractivity contribution in [3.63, 3.8) is 0 Å². The van der Waals surface area contributed by atoms with Crippen molar-refractivity contribution in [3.05, 3.63) is 48.1 Å². The molecule has 30 heavy (non-hydrogen) atoms. The highest BCUT2D eigenvalue weighted by atomic mass is 35.5. The summed E-state index contributed by atoms with van der Waals surface area (Å²) in [7, 11) is 0. The van der Waals surface area contributed by atoms with Crippen molar-refractivity contribution < 1.29 is 28.5 Å². The Hall–Kier alpha value is -2.16. The second-order valence-corrected chi connectivity index (χ2v) is 7.77. The first-order valence-electron chi connectivity index (χ1n) is 9.84. The van der Waals surface area contributed by atoms with Crippen molar-refractivity contribution in [2.24, 2.45) is 11.8 Å². The average Bonchev–Trinajstić information content (AvgIpc) is 3.53. The zero-order valence-corrected chi connectivity index (χ0v) is 17.8. The van der Waals surface area contributed by atoms with Crippen LogP contribution in [0.2, 0.25) is 0 Å². The molecule has 2 rings (SSSR count). The summed E-state index contributed by atoms with van der Waals surface area (Å²) in [6.07, 6.45) is 6.71. The van der Waals surface area contributed by atoms with E-state index in [1.54, 1.807) is 0 Å². The third kappa shape index (κ3) is 8.30. The highest BCUT2D eigenvalue weighted by Gasteiger charge is 2.42. The van der Waals surface area contributed by atoms with Gasteiger partial charge in [-0.05, 0) is 44.3 Å². The van der Waals surface area contributed by atoms with E-state index < -0.39 is 5.83 Å². The van der Waals surface area contributed by atoms with E-state index in [-0.39, 0.29) is 41.6 Å². The third-order valence-corrected chi connectivity index (χ3v) is 5.14. The monoisotopic (exact) mass is 442 g/mol.